The molecule has 0 saturated carbocycles. The van der Waals surface area contributed by atoms with Gasteiger partial charge >= 0.3 is 7.60 Å². The lowest BCUT2D eigenvalue weighted by molar-refractivity contribution is 0.377. The summed E-state index contributed by atoms with van der Waals surface area (Å²) in [6.45, 7) is 6.20. The van der Waals surface area contributed by atoms with Crippen molar-refractivity contribution < 1.29 is 19.1 Å². The molecular formula is C12H19O4P. The number of benzene rings is 1. The second-order valence-electron chi connectivity index (χ2n) is 5.28. The molecule has 0 unspecified atom stereocenters. The Morgan fingerprint density at radius 2 is 1.88 bits per heavy atom. The largest absolute Gasteiger partial charge is 0.496 e. The normalized spacial score (nSPS) is 12.6. The maximum atomic E-state index is 11.2. The van der Waals surface area contributed by atoms with Crippen LogP contribution in [0.5, 0.6) is 5.75 Å². The molecule has 0 amide bonds. The molecule has 1 aromatic rings. The Morgan fingerprint density at radius 1 is 1.29 bits per heavy atom. The van der Waals surface area contributed by atoms with Crippen LogP contribution in [0, 0.1) is 5.41 Å². The van der Waals surface area contributed by atoms with Gasteiger partial charge in [0.25, 0.3) is 0 Å². The lowest BCUT2D eigenvalue weighted by Gasteiger charge is -2.20. The lowest BCUT2D eigenvalue weighted by atomic mass is 9.88. The van der Waals surface area contributed by atoms with Gasteiger partial charge in [0.1, 0.15) is 5.75 Å². The molecule has 0 radical (unpaired) electrons. The van der Waals surface area contributed by atoms with Gasteiger partial charge in [0.2, 0.25) is 0 Å². The van der Waals surface area contributed by atoms with Crippen LogP contribution in [0.1, 0.15) is 26.3 Å². The van der Waals surface area contributed by atoms with Crippen molar-refractivity contribution in [2.45, 2.75) is 27.2 Å². The zero-order valence-electron chi connectivity index (χ0n) is 10.6. The van der Waals surface area contributed by atoms with Gasteiger partial charge in [0.15, 0.2) is 0 Å². The summed E-state index contributed by atoms with van der Waals surface area (Å²) in [5, 5.41) is 0.0394. The van der Waals surface area contributed by atoms with E-state index in [0.717, 1.165) is 5.56 Å². The van der Waals surface area contributed by atoms with Gasteiger partial charge in [-0.1, -0.05) is 20.8 Å². The summed E-state index contributed by atoms with van der Waals surface area (Å²) in [4.78, 5) is 18.3. The monoisotopic (exact) mass is 258 g/mol. The quantitative estimate of drug-likeness (QED) is 0.815. The van der Waals surface area contributed by atoms with Crippen LogP contribution in [0.25, 0.3) is 0 Å². The fourth-order valence-electron chi connectivity index (χ4n) is 1.66. The van der Waals surface area contributed by atoms with Crippen LogP contribution in [0.2, 0.25) is 0 Å². The van der Waals surface area contributed by atoms with Crippen LogP contribution in [0.15, 0.2) is 18.2 Å². The summed E-state index contributed by atoms with van der Waals surface area (Å²) in [6, 6.07) is 4.55. The third-order valence-electron chi connectivity index (χ3n) is 2.32. The molecule has 0 atom stereocenters. The van der Waals surface area contributed by atoms with Gasteiger partial charge in [-0.25, -0.2) is 0 Å². The first-order chi connectivity index (χ1) is 7.63. The van der Waals surface area contributed by atoms with Crippen LogP contribution in [0.3, 0.4) is 0 Å². The van der Waals surface area contributed by atoms with Crippen molar-refractivity contribution >= 4 is 12.9 Å². The highest BCUT2D eigenvalue weighted by atomic mass is 31.2. The van der Waals surface area contributed by atoms with E-state index in [2.05, 4.69) is 20.8 Å². The predicted octanol–water partition coefficient (Wildman–Crippen LogP) is 2.09. The topological polar surface area (TPSA) is 66.8 Å². The van der Waals surface area contributed by atoms with E-state index in [1.54, 1.807) is 13.2 Å². The predicted molar refractivity (Wildman–Crippen MR) is 67.8 cm³/mol. The summed E-state index contributed by atoms with van der Waals surface area (Å²) in [7, 11) is -2.64. The molecule has 5 heteroatoms. The van der Waals surface area contributed by atoms with E-state index in [0.29, 0.717) is 12.2 Å². The molecule has 0 saturated heterocycles. The molecule has 96 valence electrons. The van der Waals surface area contributed by atoms with Crippen molar-refractivity contribution in [3.63, 3.8) is 0 Å². The molecule has 0 aliphatic heterocycles. The van der Waals surface area contributed by atoms with Crippen molar-refractivity contribution in [2.75, 3.05) is 7.11 Å². The maximum Gasteiger partial charge on any atom is 0.356 e. The number of hydrogen-bond donors (Lipinski definition) is 2. The summed E-state index contributed by atoms with van der Waals surface area (Å²) in [5.74, 6) is 0.664. The smallest absolute Gasteiger partial charge is 0.356 e. The van der Waals surface area contributed by atoms with Crippen molar-refractivity contribution in [3.8, 4) is 5.75 Å². The van der Waals surface area contributed by atoms with Crippen molar-refractivity contribution in [1.82, 2.24) is 0 Å². The summed E-state index contributed by atoms with van der Waals surface area (Å²) in [6.07, 6.45) is 0.698. The molecule has 4 nitrogen and oxygen atoms in total. The summed E-state index contributed by atoms with van der Waals surface area (Å²) >= 11 is 0. The third kappa shape index (κ3) is 4.15. The minimum Gasteiger partial charge on any atom is -0.496 e. The van der Waals surface area contributed by atoms with Crippen molar-refractivity contribution in [1.29, 1.82) is 0 Å². The van der Waals surface area contributed by atoms with Gasteiger partial charge in [-0.2, -0.15) is 0 Å². The Balaban J connectivity index is 3.21. The second-order valence-corrected chi connectivity index (χ2v) is 6.88. The Kier molecular flexibility index (Phi) is 4.03. The highest BCUT2D eigenvalue weighted by molar-refractivity contribution is 7.60. The van der Waals surface area contributed by atoms with Gasteiger partial charge in [-0.15, -0.1) is 0 Å². The third-order valence-corrected chi connectivity index (χ3v) is 3.27. The molecule has 0 aromatic heterocycles. The van der Waals surface area contributed by atoms with E-state index < -0.39 is 7.60 Å². The molecule has 17 heavy (non-hydrogen) atoms. The van der Waals surface area contributed by atoms with E-state index >= 15 is 0 Å². The van der Waals surface area contributed by atoms with Crippen LogP contribution in [-0.2, 0) is 11.0 Å². The van der Waals surface area contributed by atoms with E-state index in [4.69, 9.17) is 14.5 Å². The standard InChI is InChI=1S/C12H19O4P/c1-12(2,3)8-9-7-10(17(13,14)15)5-6-11(9)16-4/h5-7H,8H2,1-4H3,(H2,13,14,15). The van der Waals surface area contributed by atoms with Gasteiger partial charge < -0.3 is 14.5 Å². The van der Waals surface area contributed by atoms with Gasteiger partial charge in [0.05, 0.1) is 12.4 Å². The fourth-order valence-corrected chi connectivity index (χ4v) is 2.25. The molecular weight excluding hydrogens is 239 g/mol. The zero-order valence-corrected chi connectivity index (χ0v) is 11.5. The fraction of sp³-hybridized carbons (Fsp3) is 0.500. The molecule has 2 N–H and O–H groups in total. The molecule has 0 aliphatic rings. The number of methoxy groups -OCH3 is 1. The maximum absolute atomic E-state index is 11.2. The van der Waals surface area contributed by atoms with E-state index in [1.807, 2.05) is 0 Å². The SMILES string of the molecule is COc1ccc(P(=O)(O)O)cc1CC(C)(C)C. The number of rotatable bonds is 3. The summed E-state index contributed by atoms with van der Waals surface area (Å²) < 4.78 is 16.4. The first kappa shape index (κ1) is 14.2. The molecule has 1 aromatic carbocycles. The van der Waals surface area contributed by atoms with E-state index in [-0.39, 0.29) is 10.7 Å². The average molecular weight is 258 g/mol. The first-order valence-electron chi connectivity index (χ1n) is 5.36. The second kappa shape index (κ2) is 4.81. The minimum atomic E-state index is -4.20. The van der Waals surface area contributed by atoms with Gasteiger partial charge in [0, 0.05) is 0 Å². The molecule has 0 aliphatic carbocycles. The molecule has 0 fully saturated rings. The Labute approximate surface area is 102 Å². The Morgan fingerprint density at radius 3 is 2.29 bits per heavy atom. The summed E-state index contributed by atoms with van der Waals surface area (Å²) in [5.41, 5.74) is 0.849. The van der Waals surface area contributed by atoms with E-state index in [1.165, 1.54) is 12.1 Å². The number of hydrogen-bond acceptors (Lipinski definition) is 2. The molecule has 0 spiro atoms. The van der Waals surface area contributed by atoms with Gasteiger partial charge in [-0.3, -0.25) is 4.57 Å². The number of ether oxygens (including phenoxy) is 1. The molecule has 0 heterocycles. The van der Waals surface area contributed by atoms with Gasteiger partial charge in [-0.05, 0) is 35.6 Å². The van der Waals surface area contributed by atoms with Crippen LogP contribution < -0.4 is 10.0 Å². The lowest BCUT2D eigenvalue weighted by Crippen LogP contribution is -2.13. The Bertz CT molecular complexity index is 442. The molecule has 1 rings (SSSR count). The van der Waals surface area contributed by atoms with Crippen LogP contribution >= 0.6 is 7.60 Å². The van der Waals surface area contributed by atoms with Crippen LogP contribution in [-0.4, -0.2) is 16.9 Å². The Hall–Kier alpha value is -0.830. The first-order valence-corrected chi connectivity index (χ1v) is 6.98. The van der Waals surface area contributed by atoms with Crippen molar-refractivity contribution in [2.24, 2.45) is 5.41 Å². The molecule has 0 bridgehead atoms. The highest BCUT2D eigenvalue weighted by Gasteiger charge is 2.21. The average Bonchev–Trinajstić information content (AvgIpc) is 2.13. The highest BCUT2D eigenvalue weighted by Crippen LogP contribution is 2.36. The van der Waals surface area contributed by atoms with Crippen molar-refractivity contribution in [3.05, 3.63) is 23.8 Å². The van der Waals surface area contributed by atoms with E-state index in [9.17, 15) is 4.57 Å². The minimum absolute atomic E-state index is 0.0286. The zero-order chi connectivity index (χ0) is 13.3. The van der Waals surface area contributed by atoms with Crippen LogP contribution in [0.4, 0.5) is 0 Å².